The molecule has 0 spiro atoms. The number of rotatable bonds is 1. The van der Waals surface area contributed by atoms with Crippen LogP contribution in [0.2, 0.25) is 0 Å². The minimum Gasteiger partial charge on any atom is -0.391 e. The van der Waals surface area contributed by atoms with Crippen LogP contribution in [0.4, 0.5) is 0 Å². The molecule has 3 atom stereocenters. The Bertz CT molecular complexity index is 158. The van der Waals surface area contributed by atoms with Gasteiger partial charge in [0.2, 0.25) is 0 Å². The lowest BCUT2D eigenvalue weighted by atomic mass is 9.82. The van der Waals surface area contributed by atoms with Crippen molar-refractivity contribution in [2.24, 2.45) is 5.18 Å². The van der Waals surface area contributed by atoms with Gasteiger partial charge in [-0.05, 0) is 19.8 Å². The third-order valence-corrected chi connectivity index (χ3v) is 2.21. The zero-order chi connectivity index (χ0) is 8.48. The van der Waals surface area contributed by atoms with Crippen LogP contribution in [0.1, 0.15) is 26.2 Å². The zero-order valence-electron chi connectivity index (χ0n) is 6.53. The molecule has 0 aliphatic heterocycles. The van der Waals surface area contributed by atoms with E-state index in [0.717, 1.165) is 0 Å². The average Bonchev–Trinajstić information content (AvgIpc) is 1.86. The van der Waals surface area contributed by atoms with Crippen molar-refractivity contribution in [1.82, 2.24) is 0 Å². The fourth-order valence-electron chi connectivity index (χ4n) is 1.46. The van der Waals surface area contributed by atoms with Crippen molar-refractivity contribution in [2.45, 2.75) is 43.9 Å². The number of nitrogens with zero attached hydrogens (tertiary/aromatic N) is 1. The Morgan fingerprint density at radius 1 is 1.64 bits per heavy atom. The maximum absolute atomic E-state index is 10.1. The maximum Gasteiger partial charge on any atom is 0.118 e. The van der Waals surface area contributed by atoms with E-state index in [0.29, 0.717) is 12.8 Å². The Hall–Kier alpha value is -0.480. The number of hydrogen-bond acceptors (Lipinski definition) is 4. The number of aliphatic hydroxyl groups is 2. The van der Waals surface area contributed by atoms with Crippen molar-refractivity contribution in [3.05, 3.63) is 4.91 Å². The van der Waals surface area contributed by atoms with Crippen LogP contribution < -0.4 is 0 Å². The first-order valence-electron chi connectivity index (χ1n) is 3.78. The Balaban J connectivity index is 2.54. The topological polar surface area (TPSA) is 69.9 Å². The van der Waals surface area contributed by atoms with Gasteiger partial charge in [0.25, 0.3) is 0 Å². The van der Waals surface area contributed by atoms with E-state index in [1.54, 1.807) is 6.92 Å². The molecule has 0 aromatic carbocycles. The summed E-state index contributed by atoms with van der Waals surface area (Å²) in [6.07, 6.45) is 0.512. The normalized spacial score (nSPS) is 45.4. The van der Waals surface area contributed by atoms with Crippen LogP contribution in [0.15, 0.2) is 5.18 Å². The number of nitroso groups, excluding NO2 is 1. The molecule has 1 aliphatic carbocycles. The van der Waals surface area contributed by atoms with Gasteiger partial charge in [-0.3, -0.25) is 0 Å². The molecule has 4 heteroatoms. The quantitative estimate of drug-likeness (QED) is 0.544. The van der Waals surface area contributed by atoms with Crippen LogP contribution in [0.5, 0.6) is 0 Å². The SMILES string of the molecule is CC1(O)CCC(N=O)C(O)C1. The predicted octanol–water partition coefficient (Wildman–Crippen LogP) is 0.417. The van der Waals surface area contributed by atoms with Gasteiger partial charge in [-0.2, -0.15) is 4.91 Å². The van der Waals surface area contributed by atoms with Crippen LogP contribution in [0, 0.1) is 4.91 Å². The molecule has 0 radical (unpaired) electrons. The Morgan fingerprint density at radius 3 is 2.73 bits per heavy atom. The number of aliphatic hydroxyl groups excluding tert-OH is 1. The number of hydrogen-bond donors (Lipinski definition) is 2. The first kappa shape index (κ1) is 8.62. The van der Waals surface area contributed by atoms with Crippen molar-refractivity contribution in [2.75, 3.05) is 0 Å². The highest BCUT2D eigenvalue weighted by Crippen LogP contribution is 2.29. The van der Waals surface area contributed by atoms with Crippen LogP contribution in [-0.4, -0.2) is 28.0 Å². The van der Waals surface area contributed by atoms with Crippen LogP contribution in [0.25, 0.3) is 0 Å². The predicted molar refractivity (Wildman–Crippen MR) is 40.1 cm³/mol. The molecule has 2 N–H and O–H groups in total. The van der Waals surface area contributed by atoms with Gasteiger partial charge in [0.15, 0.2) is 0 Å². The van der Waals surface area contributed by atoms with Crippen LogP contribution in [0.3, 0.4) is 0 Å². The summed E-state index contributed by atoms with van der Waals surface area (Å²) in [7, 11) is 0. The largest absolute Gasteiger partial charge is 0.391 e. The van der Waals surface area contributed by atoms with Crippen molar-refractivity contribution >= 4 is 0 Å². The highest BCUT2D eigenvalue weighted by molar-refractivity contribution is 4.90. The molecule has 1 saturated carbocycles. The summed E-state index contributed by atoms with van der Waals surface area (Å²) in [6, 6.07) is -0.518. The molecule has 4 nitrogen and oxygen atoms in total. The molecular weight excluding hydrogens is 146 g/mol. The lowest BCUT2D eigenvalue weighted by Crippen LogP contribution is -2.41. The molecule has 1 fully saturated rings. The van der Waals surface area contributed by atoms with E-state index in [2.05, 4.69) is 5.18 Å². The fourth-order valence-corrected chi connectivity index (χ4v) is 1.46. The van der Waals surface area contributed by atoms with Crippen LogP contribution in [-0.2, 0) is 0 Å². The fraction of sp³-hybridized carbons (Fsp3) is 1.00. The smallest absolute Gasteiger partial charge is 0.118 e. The second kappa shape index (κ2) is 2.87. The maximum atomic E-state index is 10.1. The molecule has 0 amide bonds. The van der Waals surface area contributed by atoms with E-state index in [1.807, 2.05) is 0 Å². The van der Waals surface area contributed by atoms with Gasteiger partial charge in [0, 0.05) is 6.42 Å². The molecule has 1 rings (SSSR count). The molecule has 0 aromatic heterocycles. The second-order valence-electron chi connectivity index (χ2n) is 3.48. The van der Waals surface area contributed by atoms with Gasteiger partial charge in [0.1, 0.15) is 6.04 Å². The molecule has 1 aliphatic rings. The van der Waals surface area contributed by atoms with Gasteiger partial charge in [-0.15, -0.1) is 0 Å². The lowest BCUT2D eigenvalue weighted by molar-refractivity contribution is -0.0398. The van der Waals surface area contributed by atoms with E-state index in [1.165, 1.54) is 0 Å². The van der Waals surface area contributed by atoms with Gasteiger partial charge in [0.05, 0.1) is 11.7 Å². The minimum absolute atomic E-state index is 0.253. The van der Waals surface area contributed by atoms with Crippen molar-refractivity contribution in [1.29, 1.82) is 0 Å². The van der Waals surface area contributed by atoms with Crippen LogP contribution >= 0.6 is 0 Å². The Labute approximate surface area is 65.2 Å². The summed E-state index contributed by atoms with van der Waals surface area (Å²) in [4.78, 5) is 10.1. The van der Waals surface area contributed by atoms with E-state index in [4.69, 9.17) is 0 Å². The second-order valence-corrected chi connectivity index (χ2v) is 3.48. The molecule has 0 aromatic rings. The zero-order valence-corrected chi connectivity index (χ0v) is 6.53. The monoisotopic (exact) mass is 159 g/mol. The highest BCUT2D eigenvalue weighted by atomic mass is 16.3. The Kier molecular flexibility index (Phi) is 2.25. The van der Waals surface area contributed by atoms with Crippen molar-refractivity contribution in [3.63, 3.8) is 0 Å². The van der Waals surface area contributed by atoms with Gasteiger partial charge in [-0.25, -0.2) is 0 Å². The standard InChI is InChI=1S/C7H13NO3/c1-7(10)3-2-5(8-11)6(9)4-7/h5-6,9-10H,2-4H2,1H3. The molecule has 0 bridgehead atoms. The van der Waals surface area contributed by atoms with Gasteiger partial charge < -0.3 is 10.2 Å². The summed E-state index contributed by atoms with van der Waals surface area (Å²) in [5.41, 5.74) is -0.819. The summed E-state index contributed by atoms with van der Waals surface area (Å²) in [5, 5.41) is 21.5. The minimum atomic E-state index is -0.819. The van der Waals surface area contributed by atoms with Gasteiger partial charge >= 0.3 is 0 Å². The lowest BCUT2D eigenvalue weighted by Gasteiger charge is -2.33. The van der Waals surface area contributed by atoms with Crippen molar-refractivity contribution in [3.8, 4) is 0 Å². The molecule has 3 unspecified atom stereocenters. The van der Waals surface area contributed by atoms with E-state index < -0.39 is 17.7 Å². The van der Waals surface area contributed by atoms with E-state index >= 15 is 0 Å². The molecular formula is C7H13NO3. The molecule has 0 saturated heterocycles. The molecule has 0 heterocycles. The summed E-state index contributed by atoms with van der Waals surface area (Å²) < 4.78 is 0. The van der Waals surface area contributed by atoms with Gasteiger partial charge in [-0.1, -0.05) is 5.18 Å². The summed E-state index contributed by atoms with van der Waals surface area (Å²) in [5.74, 6) is 0. The first-order chi connectivity index (χ1) is 5.05. The molecule has 64 valence electrons. The third-order valence-electron chi connectivity index (χ3n) is 2.21. The average molecular weight is 159 g/mol. The molecule has 11 heavy (non-hydrogen) atoms. The highest BCUT2D eigenvalue weighted by Gasteiger charge is 2.35. The first-order valence-corrected chi connectivity index (χ1v) is 3.78. The third kappa shape index (κ3) is 1.97. The van der Waals surface area contributed by atoms with E-state index in [-0.39, 0.29) is 6.42 Å². The van der Waals surface area contributed by atoms with E-state index in [9.17, 15) is 15.1 Å². The van der Waals surface area contributed by atoms with Crippen molar-refractivity contribution < 1.29 is 10.2 Å². The summed E-state index contributed by atoms with van der Waals surface area (Å²) >= 11 is 0. The Morgan fingerprint density at radius 2 is 2.27 bits per heavy atom. The summed E-state index contributed by atoms with van der Waals surface area (Å²) in [6.45, 7) is 1.66.